The van der Waals surface area contributed by atoms with Crippen molar-refractivity contribution in [2.24, 2.45) is 13.0 Å². The second-order valence-electron chi connectivity index (χ2n) is 7.05. The summed E-state index contributed by atoms with van der Waals surface area (Å²) in [6.07, 6.45) is 6.74. The van der Waals surface area contributed by atoms with Crippen LogP contribution >= 0.6 is 0 Å². The number of amides is 1. The summed E-state index contributed by atoms with van der Waals surface area (Å²) in [5, 5.41) is 8.59. The van der Waals surface area contributed by atoms with Gasteiger partial charge in [-0.15, -0.1) is 0 Å². The van der Waals surface area contributed by atoms with Gasteiger partial charge in [0.15, 0.2) is 0 Å². The first-order valence-corrected chi connectivity index (χ1v) is 9.37. The van der Waals surface area contributed by atoms with Gasteiger partial charge in [0.2, 0.25) is 0 Å². The summed E-state index contributed by atoms with van der Waals surface area (Å²) in [6, 6.07) is 8.79. The van der Waals surface area contributed by atoms with Crippen LogP contribution in [0, 0.1) is 5.92 Å². The highest BCUT2D eigenvalue weighted by atomic mass is 16.2. The standard InChI is InChI=1S/C20H22N6O2/c1-24-18(6-11-22-24)20(28)25-12-7-15(8-13-25)14-26-19(27)3-2-17(23-26)16-4-9-21-10-5-16/h2-6,9-11,15H,7-8,12-14H2,1H3. The maximum Gasteiger partial charge on any atom is 0.272 e. The first-order chi connectivity index (χ1) is 13.6. The van der Waals surface area contributed by atoms with Gasteiger partial charge in [-0.3, -0.25) is 19.3 Å². The van der Waals surface area contributed by atoms with Crippen LogP contribution in [-0.2, 0) is 13.6 Å². The fourth-order valence-corrected chi connectivity index (χ4v) is 3.57. The molecule has 1 amide bonds. The van der Waals surface area contributed by atoms with Crippen molar-refractivity contribution >= 4 is 5.91 Å². The average molecular weight is 378 g/mol. The average Bonchev–Trinajstić information content (AvgIpc) is 3.16. The number of rotatable bonds is 4. The molecule has 0 saturated carbocycles. The lowest BCUT2D eigenvalue weighted by Gasteiger charge is -2.32. The highest BCUT2D eigenvalue weighted by molar-refractivity contribution is 5.92. The van der Waals surface area contributed by atoms with Crippen LogP contribution < -0.4 is 5.56 Å². The molecule has 0 radical (unpaired) electrons. The number of carbonyl (C=O) groups is 1. The first-order valence-electron chi connectivity index (χ1n) is 9.37. The molecule has 8 nitrogen and oxygen atoms in total. The lowest BCUT2D eigenvalue weighted by Crippen LogP contribution is -2.41. The molecule has 28 heavy (non-hydrogen) atoms. The van der Waals surface area contributed by atoms with Crippen LogP contribution in [0.4, 0.5) is 0 Å². The Morgan fingerprint density at radius 2 is 1.82 bits per heavy atom. The van der Waals surface area contributed by atoms with Crippen molar-refractivity contribution in [3.63, 3.8) is 0 Å². The minimum absolute atomic E-state index is 0.00780. The molecule has 1 aliphatic rings. The van der Waals surface area contributed by atoms with E-state index in [9.17, 15) is 9.59 Å². The number of aromatic nitrogens is 5. The Bertz CT molecular complexity index is 1020. The molecule has 1 fully saturated rings. The Balaban J connectivity index is 1.42. The quantitative estimate of drug-likeness (QED) is 0.688. The van der Waals surface area contributed by atoms with Crippen molar-refractivity contribution in [3.8, 4) is 11.3 Å². The van der Waals surface area contributed by atoms with Gasteiger partial charge in [-0.05, 0) is 43.0 Å². The largest absolute Gasteiger partial charge is 0.337 e. The van der Waals surface area contributed by atoms with E-state index >= 15 is 0 Å². The maximum absolute atomic E-state index is 12.6. The second-order valence-corrected chi connectivity index (χ2v) is 7.05. The van der Waals surface area contributed by atoms with Crippen LogP contribution in [0.2, 0.25) is 0 Å². The molecule has 1 saturated heterocycles. The fraction of sp³-hybridized carbons (Fsp3) is 0.350. The number of pyridine rings is 1. The Hall–Kier alpha value is -3.29. The summed E-state index contributed by atoms with van der Waals surface area (Å²) < 4.78 is 3.14. The van der Waals surface area contributed by atoms with E-state index in [4.69, 9.17) is 0 Å². The summed E-state index contributed by atoms with van der Waals surface area (Å²) in [5.41, 5.74) is 2.18. The molecular formula is C20H22N6O2. The minimum Gasteiger partial charge on any atom is -0.337 e. The predicted octanol–water partition coefficient (Wildman–Crippen LogP) is 1.59. The Kier molecular flexibility index (Phi) is 5.01. The molecule has 4 heterocycles. The molecule has 1 aliphatic heterocycles. The van der Waals surface area contributed by atoms with Gasteiger partial charge < -0.3 is 4.90 Å². The Morgan fingerprint density at radius 3 is 2.50 bits per heavy atom. The van der Waals surface area contributed by atoms with Gasteiger partial charge in [0.1, 0.15) is 5.69 Å². The number of hydrogen-bond donors (Lipinski definition) is 0. The van der Waals surface area contributed by atoms with Crippen LogP contribution in [0.5, 0.6) is 0 Å². The van der Waals surface area contributed by atoms with E-state index < -0.39 is 0 Å². The summed E-state index contributed by atoms with van der Waals surface area (Å²) >= 11 is 0. The lowest BCUT2D eigenvalue weighted by molar-refractivity contribution is 0.0669. The monoisotopic (exact) mass is 378 g/mol. The van der Waals surface area contributed by atoms with Crippen molar-refractivity contribution in [2.45, 2.75) is 19.4 Å². The van der Waals surface area contributed by atoms with Gasteiger partial charge in [0, 0.05) is 56.9 Å². The third-order valence-electron chi connectivity index (χ3n) is 5.22. The topological polar surface area (TPSA) is 85.9 Å². The van der Waals surface area contributed by atoms with Crippen molar-refractivity contribution < 1.29 is 4.79 Å². The van der Waals surface area contributed by atoms with Crippen molar-refractivity contribution in [1.29, 1.82) is 0 Å². The molecule has 0 bridgehead atoms. The number of carbonyl (C=O) groups excluding carboxylic acids is 1. The van der Waals surface area contributed by atoms with Crippen molar-refractivity contribution in [3.05, 3.63) is 65.0 Å². The summed E-state index contributed by atoms with van der Waals surface area (Å²) in [7, 11) is 1.77. The van der Waals surface area contributed by atoms with E-state index in [1.54, 1.807) is 53.2 Å². The van der Waals surface area contributed by atoms with Crippen LogP contribution in [0.3, 0.4) is 0 Å². The van der Waals surface area contributed by atoms with Crippen LogP contribution in [0.15, 0.2) is 53.7 Å². The van der Waals surface area contributed by atoms with Crippen LogP contribution in [-0.4, -0.2) is 48.4 Å². The smallest absolute Gasteiger partial charge is 0.272 e. The maximum atomic E-state index is 12.6. The summed E-state index contributed by atoms with van der Waals surface area (Å²) in [4.78, 5) is 30.7. The van der Waals surface area contributed by atoms with Crippen LogP contribution in [0.25, 0.3) is 11.3 Å². The predicted molar refractivity (Wildman–Crippen MR) is 104 cm³/mol. The molecule has 4 rings (SSSR count). The number of nitrogens with zero attached hydrogens (tertiary/aromatic N) is 6. The minimum atomic E-state index is -0.105. The fourth-order valence-electron chi connectivity index (χ4n) is 3.57. The van der Waals surface area contributed by atoms with Gasteiger partial charge >= 0.3 is 0 Å². The normalized spacial score (nSPS) is 15.0. The van der Waals surface area contributed by atoms with Gasteiger partial charge in [0.25, 0.3) is 11.5 Å². The molecule has 0 N–H and O–H groups in total. The Labute approximate surface area is 162 Å². The van der Waals surface area contributed by atoms with E-state index in [1.807, 2.05) is 17.0 Å². The van der Waals surface area contributed by atoms with Crippen LogP contribution in [0.1, 0.15) is 23.3 Å². The van der Waals surface area contributed by atoms with Gasteiger partial charge in [-0.2, -0.15) is 10.2 Å². The zero-order valence-electron chi connectivity index (χ0n) is 15.7. The third-order valence-corrected chi connectivity index (χ3v) is 5.22. The third kappa shape index (κ3) is 3.71. The lowest BCUT2D eigenvalue weighted by atomic mass is 9.96. The molecule has 0 unspecified atom stereocenters. The van der Waals surface area contributed by atoms with E-state index in [1.165, 1.54) is 0 Å². The number of likely N-dealkylation sites (tertiary alicyclic amines) is 1. The molecule has 144 valence electrons. The van der Waals surface area contributed by atoms with Gasteiger partial charge in [0.05, 0.1) is 5.69 Å². The summed E-state index contributed by atoms with van der Waals surface area (Å²) in [6.45, 7) is 1.91. The van der Waals surface area contributed by atoms with Gasteiger partial charge in [-0.1, -0.05) is 0 Å². The number of aryl methyl sites for hydroxylation is 1. The van der Waals surface area contributed by atoms with Crippen molar-refractivity contribution in [1.82, 2.24) is 29.4 Å². The molecule has 3 aromatic rings. The Morgan fingerprint density at radius 1 is 1.07 bits per heavy atom. The molecule has 0 spiro atoms. The molecule has 3 aromatic heterocycles. The molecule has 8 heteroatoms. The zero-order valence-corrected chi connectivity index (χ0v) is 15.7. The van der Waals surface area contributed by atoms with E-state index in [0.29, 0.717) is 31.2 Å². The number of hydrogen-bond acceptors (Lipinski definition) is 5. The molecular weight excluding hydrogens is 356 g/mol. The summed E-state index contributed by atoms with van der Waals surface area (Å²) in [5.74, 6) is 0.321. The van der Waals surface area contributed by atoms with E-state index in [2.05, 4.69) is 15.2 Å². The first kappa shape index (κ1) is 18.1. The zero-order chi connectivity index (χ0) is 19.5. The second kappa shape index (κ2) is 7.75. The highest BCUT2D eigenvalue weighted by Crippen LogP contribution is 2.21. The van der Waals surface area contributed by atoms with E-state index in [-0.39, 0.29) is 11.5 Å². The molecule has 0 aromatic carbocycles. The molecule has 0 aliphatic carbocycles. The van der Waals surface area contributed by atoms with Crippen molar-refractivity contribution in [2.75, 3.05) is 13.1 Å². The SMILES string of the molecule is Cn1nccc1C(=O)N1CCC(Cn2nc(-c3ccncc3)ccc2=O)CC1. The van der Waals surface area contributed by atoms with Gasteiger partial charge in [-0.25, -0.2) is 4.68 Å². The number of piperidine rings is 1. The highest BCUT2D eigenvalue weighted by Gasteiger charge is 2.25. The van der Waals surface area contributed by atoms with E-state index in [0.717, 1.165) is 24.1 Å². The molecule has 0 atom stereocenters.